The lowest BCUT2D eigenvalue weighted by molar-refractivity contribution is -0.272. The lowest BCUT2D eigenvalue weighted by Gasteiger charge is -2.42. The van der Waals surface area contributed by atoms with E-state index < -0.39 is 49.1 Å². The molecule has 36 heavy (non-hydrogen) atoms. The molecule has 0 radical (unpaired) electrons. The SMILES string of the molecule is CC(=O)NC1C(O)[C@@H](O)C(CO)O[C@H]1OCCOCCOCCNC(=O)/C=C/C(=O)c1ccccc1. The minimum atomic E-state index is -1.38. The molecule has 5 atom stereocenters. The Kier molecular flexibility index (Phi) is 13.2. The van der Waals surface area contributed by atoms with Crippen molar-refractivity contribution in [3.8, 4) is 0 Å². The molecule has 200 valence electrons. The molecule has 0 saturated carbocycles. The van der Waals surface area contributed by atoms with E-state index in [0.717, 1.165) is 0 Å². The van der Waals surface area contributed by atoms with Crippen LogP contribution in [-0.4, -0.2) is 110 Å². The number of rotatable bonds is 15. The molecule has 0 bridgehead atoms. The zero-order valence-corrected chi connectivity index (χ0v) is 20.1. The standard InChI is InChI=1S/C24H34N2O10/c1-16(28)26-21-23(32)22(31)19(15-27)36-24(21)35-14-13-34-12-11-33-10-9-25-20(30)8-7-18(29)17-5-3-2-4-6-17/h2-8,19,21-24,27,31-32H,9-15H2,1H3,(H,25,30)(H,26,28)/b8-7+/t19?,21?,22-,23?,24+/m0/s1. The molecule has 12 heteroatoms. The highest BCUT2D eigenvalue weighted by molar-refractivity contribution is 6.07. The Hall–Kier alpha value is -2.71. The third-order valence-corrected chi connectivity index (χ3v) is 5.12. The van der Waals surface area contributed by atoms with Gasteiger partial charge in [0.05, 0.1) is 39.6 Å². The number of hydrogen-bond donors (Lipinski definition) is 5. The molecule has 1 aromatic rings. The summed E-state index contributed by atoms with van der Waals surface area (Å²) in [5, 5.41) is 34.6. The average molecular weight is 511 g/mol. The Morgan fingerprint density at radius 3 is 2.31 bits per heavy atom. The molecule has 1 heterocycles. The van der Waals surface area contributed by atoms with E-state index in [1.54, 1.807) is 30.3 Å². The van der Waals surface area contributed by atoms with E-state index >= 15 is 0 Å². The summed E-state index contributed by atoms with van der Waals surface area (Å²) in [5.41, 5.74) is 0.500. The summed E-state index contributed by atoms with van der Waals surface area (Å²) >= 11 is 0. The predicted octanol–water partition coefficient (Wildman–Crippen LogP) is -1.46. The van der Waals surface area contributed by atoms with E-state index in [4.69, 9.17) is 18.9 Å². The van der Waals surface area contributed by atoms with Crippen LogP contribution in [-0.2, 0) is 28.5 Å². The number of allylic oxidation sites excluding steroid dienone is 1. The maximum Gasteiger partial charge on any atom is 0.244 e. The third kappa shape index (κ3) is 10.1. The van der Waals surface area contributed by atoms with E-state index in [2.05, 4.69) is 10.6 Å². The number of aliphatic hydroxyl groups is 3. The van der Waals surface area contributed by atoms with Gasteiger partial charge in [-0.2, -0.15) is 0 Å². The van der Waals surface area contributed by atoms with Crippen LogP contribution in [0.5, 0.6) is 0 Å². The molecule has 0 aliphatic carbocycles. The Balaban J connectivity index is 1.54. The van der Waals surface area contributed by atoms with Crippen LogP contribution < -0.4 is 10.6 Å². The molecule has 0 spiro atoms. The topological polar surface area (TPSA) is 173 Å². The van der Waals surface area contributed by atoms with Gasteiger partial charge < -0.3 is 44.9 Å². The van der Waals surface area contributed by atoms with E-state index in [0.29, 0.717) is 5.56 Å². The average Bonchev–Trinajstić information content (AvgIpc) is 2.87. The minimum Gasteiger partial charge on any atom is -0.394 e. The third-order valence-electron chi connectivity index (χ3n) is 5.12. The van der Waals surface area contributed by atoms with Crippen molar-refractivity contribution in [2.45, 2.75) is 37.6 Å². The number of hydrogen-bond acceptors (Lipinski definition) is 10. The lowest BCUT2D eigenvalue weighted by Crippen LogP contribution is -2.64. The maximum absolute atomic E-state index is 11.9. The number of ether oxygens (including phenoxy) is 4. The number of carbonyl (C=O) groups is 3. The Labute approximate surface area is 209 Å². The first-order valence-corrected chi connectivity index (χ1v) is 11.6. The van der Waals surface area contributed by atoms with Crippen molar-refractivity contribution >= 4 is 17.6 Å². The smallest absolute Gasteiger partial charge is 0.244 e. The van der Waals surface area contributed by atoms with Gasteiger partial charge >= 0.3 is 0 Å². The zero-order valence-electron chi connectivity index (χ0n) is 20.1. The van der Waals surface area contributed by atoms with Crippen LogP contribution >= 0.6 is 0 Å². The van der Waals surface area contributed by atoms with Gasteiger partial charge in [-0.25, -0.2) is 0 Å². The van der Waals surface area contributed by atoms with Gasteiger partial charge in [0.2, 0.25) is 11.8 Å². The molecular weight excluding hydrogens is 476 g/mol. The number of benzene rings is 1. The van der Waals surface area contributed by atoms with Gasteiger partial charge in [0.1, 0.15) is 24.4 Å². The van der Waals surface area contributed by atoms with Gasteiger partial charge in [-0.1, -0.05) is 30.3 Å². The van der Waals surface area contributed by atoms with Crippen molar-refractivity contribution in [3.63, 3.8) is 0 Å². The highest BCUT2D eigenvalue weighted by Gasteiger charge is 2.45. The summed E-state index contributed by atoms with van der Waals surface area (Å²) in [7, 11) is 0. The molecule has 5 N–H and O–H groups in total. The number of aliphatic hydroxyl groups excluding tert-OH is 3. The molecular formula is C24H34N2O10. The van der Waals surface area contributed by atoms with Crippen LogP contribution in [0.4, 0.5) is 0 Å². The number of carbonyl (C=O) groups excluding carboxylic acids is 3. The van der Waals surface area contributed by atoms with E-state index in [1.807, 2.05) is 0 Å². The second-order valence-electron chi connectivity index (χ2n) is 7.88. The van der Waals surface area contributed by atoms with Gasteiger partial charge in [0, 0.05) is 25.1 Å². The summed E-state index contributed by atoms with van der Waals surface area (Å²) in [6, 6.07) is 7.62. The first kappa shape index (κ1) is 29.5. The number of ketones is 1. The van der Waals surface area contributed by atoms with Gasteiger partial charge in [-0.3, -0.25) is 14.4 Å². The van der Waals surface area contributed by atoms with Crippen LogP contribution in [0.3, 0.4) is 0 Å². The maximum atomic E-state index is 11.9. The number of nitrogens with one attached hydrogen (secondary N) is 2. The summed E-state index contributed by atoms with van der Waals surface area (Å²) in [5.74, 6) is -1.10. The summed E-state index contributed by atoms with van der Waals surface area (Å²) in [6.07, 6.45) is -2.50. The van der Waals surface area contributed by atoms with Crippen LogP contribution in [0, 0.1) is 0 Å². The van der Waals surface area contributed by atoms with Crippen molar-refractivity contribution < 1.29 is 48.7 Å². The Morgan fingerprint density at radius 1 is 0.972 bits per heavy atom. The van der Waals surface area contributed by atoms with Crippen molar-refractivity contribution in [2.24, 2.45) is 0 Å². The molecule has 3 unspecified atom stereocenters. The molecule has 1 aliphatic heterocycles. The molecule has 1 saturated heterocycles. The monoisotopic (exact) mass is 510 g/mol. The number of amides is 2. The highest BCUT2D eigenvalue weighted by Crippen LogP contribution is 2.22. The first-order valence-electron chi connectivity index (χ1n) is 11.6. The van der Waals surface area contributed by atoms with E-state index in [-0.39, 0.29) is 45.4 Å². The van der Waals surface area contributed by atoms with Crippen LogP contribution in [0.1, 0.15) is 17.3 Å². The second-order valence-corrected chi connectivity index (χ2v) is 7.88. The fraction of sp³-hybridized carbons (Fsp3) is 0.542. The Morgan fingerprint density at radius 2 is 1.64 bits per heavy atom. The van der Waals surface area contributed by atoms with Gasteiger partial charge in [-0.15, -0.1) is 0 Å². The molecule has 2 rings (SSSR count). The van der Waals surface area contributed by atoms with Crippen LogP contribution in [0.25, 0.3) is 0 Å². The normalized spacial score (nSPS) is 23.9. The molecule has 1 aromatic carbocycles. The lowest BCUT2D eigenvalue weighted by atomic mass is 9.97. The zero-order chi connectivity index (χ0) is 26.3. The van der Waals surface area contributed by atoms with Gasteiger partial charge in [-0.05, 0) is 6.08 Å². The fourth-order valence-electron chi connectivity index (χ4n) is 3.31. The van der Waals surface area contributed by atoms with Gasteiger partial charge in [0.25, 0.3) is 0 Å². The quantitative estimate of drug-likeness (QED) is 0.107. The van der Waals surface area contributed by atoms with Gasteiger partial charge in [0.15, 0.2) is 12.1 Å². The molecule has 2 amide bonds. The molecule has 1 aliphatic rings. The molecule has 0 aromatic heterocycles. The fourth-order valence-corrected chi connectivity index (χ4v) is 3.31. The summed E-state index contributed by atoms with van der Waals surface area (Å²) in [6.45, 7) is 1.99. The molecule has 12 nitrogen and oxygen atoms in total. The van der Waals surface area contributed by atoms with Crippen molar-refractivity contribution in [1.29, 1.82) is 0 Å². The minimum absolute atomic E-state index is 0.0613. The largest absolute Gasteiger partial charge is 0.394 e. The van der Waals surface area contributed by atoms with Crippen molar-refractivity contribution in [1.82, 2.24) is 10.6 Å². The Bertz CT molecular complexity index is 851. The predicted molar refractivity (Wildman–Crippen MR) is 126 cm³/mol. The van der Waals surface area contributed by atoms with Crippen LogP contribution in [0.2, 0.25) is 0 Å². The summed E-state index contributed by atoms with van der Waals surface area (Å²) in [4.78, 5) is 35.1. The van der Waals surface area contributed by atoms with Crippen LogP contribution in [0.15, 0.2) is 42.5 Å². The van der Waals surface area contributed by atoms with E-state index in [1.165, 1.54) is 19.1 Å². The first-order chi connectivity index (χ1) is 17.3. The van der Waals surface area contributed by atoms with Crippen molar-refractivity contribution in [2.75, 3.05) is 46.2 Å². The van der Waals surface area contributed by atoms with E-state index in [9.17, 15) is 29.7 Å². The summed E-state index contributed by atoms with van der Waals surface area (Å²) < 4.78 is 21.7. The second kappa shape index (κ2) is 16.1. The highest BCUT2D eigenvalue weighted by atomic mass is 16.7. The van der Waals surface area contributed by atoms with Crippen molar-refractivity contribution in [3.05, 3.63) is 48.0 Å². The molecule has 1 fully saturated rings.